The summed E-state index contributed by atoms with van der Waals surface area (Å²) in [7, 11) is 0. The highest BCUT2D eigenvalue weighted by atomic mass is 14.4. The van der Waals surface area contributed by atoms with E-state index in [2.05, 4.69) is 34.6 Å². The van der Waals surface area contributed by atoms with Gasteiger partial charge in [-0.15, -0.1) is 0 Å². The molecule has 3 unspecified atom stereocenters. The van der Waals surface area contributed by atoms with Gasteiger partial charge in [0.1, 0.15) is 0 Å². The van der Waals surface area contributed by atoms with Gasteiger partial charge in [0.25, 0.3) is 0 Å². The van der Waals surface area contributed by atoms with Crippen LogP contribution in [0.5, 0.6) is 0 Å². The third kappa shape index (κ3) is 3.76. The van der Waals surface area contributed by atoms with Gasteiger partial charge in [0, 0.05) is 0 Å². The van der Waals surface area contributed by atoms with Crippen molar-refractivity contribution in [1.82, 2.24) is 0 Å². The normalized spacial score (nSPS) is 41.2. The third-order valence-electron chi connectivity index (χ3n) is 6.44. The summed E-state index contributed by atoms with van der Waals surface area (Å²) in [5.74, 6) is 5.14. The molecule has 2 saturated carbocycles. The fourth-order valence-electron chi connectivity index (χ4n) is 4.99. The van der Waals surface area contributed by atoms with E-state index in [1.807, 2.05) is 0 Å². The summed E-state index contributed by atoms with van der Waals surface area (Å²) in [5, 5.41) is 0. The van der Waals surface area contributed by atoms with Crippen LogP contribution in [-0.4, -0.2) is 0 Å². The number of rotatable bonds is 2. The summed E-state index contributed by atoms with van der Waals surface area (Å²) in [4.78, 5) is 0. The molecule has 0 bridgehead atoms. The Bertz CT molecular complexity index is 264. The van der Waals surface area contributed by atoms with Crippen molar-refractivity contribution < 1.29 is 0 Å². The predicted octanol–water partition coefficient (Wildman–Crippen LogP) is 6.30. The van der Waals surface area contributed by atoms with Gasteiger partial charge in [-0.3, -0.25) is 0 Å². The van der Waals surface area contributed by atoms with Crippen LogP contribution >= 0.6 is 0 Å². The second kappa shape index (κ2) is 6.19. The Kier molecular flexibility index (Phi) is 5.01. The topological polar surface area (TPSA) is 0 Å². The van der Waals surface area contributed by atoms with Crippen LogP contribution in [-0.2, 0) is 0 Å². The van der Waals surface area contributed by atoms with Crippen molar-refractivity contribution in [2.75, 3.05) is 0 Å². The molecular weight excluding hydrogens is 228 g/mol. The number of hydrogen-bond acceptors (Lipinski definition) is 0. The van der Waals surface area contributed by atoms with Crippen LogP contribution in [0.15, 0.2) is 0 Å². The molecule has 2 fully saturated rings. The Morgan fingerprint density at radius 2 is 1.53 bits per heavy atom. The maximum atomic E-state index is 2.49. The van der Waals surface area contributed by atoms with E-state index in [0.717, 1.165) is 29.6 Å². The highest BCUT2D eigenvalue weighted by Gasteiger charge is 2.37. The molecule has 0 radical (unpaired) electrons. The minimum Gasteiger partial charge on any atom is -0.0651 e. The minimum absolute atomic E-state index is 0.537. The summed E-state index contributed by atoms with van der Waals surface area (Å²) in [6.45, 7) is 12.2. The van der Waals surface area contributed by atoms with Gasteiger partial charge >= 0.3 is 0 Å². The van der Waals surface area contributed by atoms with E-state index in [0.29, 0.717) is 5.41 Å². The van der Waals surface area contributed by atoms with E-state index in [9.17, 15) is 0 Å². The van der Waals surface area contributed by atoms with E-state index in [-0.39, 0.29) is 0 Å². The molecule has 0 aliphatic heterocycles. The van der Waals surface area contributed by atoms with E-state index in [1.165, 1.54) is 51.4 Å². The minimum atomic E-state index is 0.537. The molecule has 3 atom stereocenters. The van der Waals surface area contributed by atoms with Crippen LogP contribution < -0.4 is 0 Å². The van der Waals surface area contributed by atoms with Crippen molar-refractivity contribution >= 4 is 0 Å². The van der Waals surface area contributed by atoms with Crippen LogP contribution in [0.1, 0.15) is 86.0 Å². The zero-order chi connectivity index (χ0) is 14.0. The fraction of sp³-hybridized carbons (Fsp3) is 1.00. The molecule has 112 valence electrons. The van der Waals surface area contributed by atoms with Crippen LogP contribution in [0.3, 0.4) is 0 Å². The van der Waals surface area contributed by atoms with Gasteiger partial charge < -0.3 is 0 Å². The summed E-state index contributed by atoms with van der Waals surface area (Å²) < 4.78 is 0. The molecule has 0 spiro atoms. The average Bonchev–Trinajstić information content (AvgIpc) is 2.38. The zero-order valence-corrected chi connectivity index (χ0v) is 14.0. The molecule has 0 aromatic carbocycles. The van der Waals surface area contributed by atoms with Crippen molar-refractivity contribution in [2.24, 2.45) is 35.0 Å². The Morgan fingerprint density at radius 1 is 0.895 bits per heavy atom. The molecule has 2 aliphatic carbocycles. The van der Waals surface area contributed by atoms with E-state index >= 15 is 0 Å². The molecule has 0 amide bonds. The van der Waals surface area contributed by atoms with Crippen molar-refractivity contribution in [3.05, 3.63) is 0 Å². The first-order chi connectivity index (χ1) is 8.91. The van der Waals surface area contributed by atoms with Crippen molar-refractivity contribution in [3.8, 4) is 0 Å². The largest absolute Gasteiger partial charge is 0.0651 e. The standard InChI is InChI=1S/C19H36/c1-6-15-8-7-14(2)13-18(15)16-9-11-17(12-10-16)19(3,4)5/h14-18H,6-13H2,1-5H3. The van der Waals surface area contributed by atoms with Crippen LogP contribution in [0, 0.1) is 35.0 Å². The quantitative estimate of drug-likeness (QED) is 0.549. The van der Waals surface area contributed by atoms with Crippen molar-refractivity contribution in [1.29, 1.82) is 0 Å². The van der Waals surface area contributed by atoms with Crippen LogP contribution in [0.2, 0.25) is 0 Å². The fourth-order valence-corrected chi connectivity index (χ4v) is 4.99. The summed E-state index contributed by atoms with van der Waals surface area (Å²) in [5.41, 5.74) is 0.537. The SMILES string of the molecule is CCC1CCC(C)CC1C1CCC(C(C)(C)C)CC1. The summed E-state index contributed by atoms with van der Waals surface area (Å²) >= 11 is 0. The molecule has 0 aromatic rings. The van der Waals surface area contributed by atoms with Gasteiger partial charge in [-0.2, -0.15) is 0 Å². The molecule has 0 aromatic heterocycles. The molecule has 0 nitrogen and oxygen atoms in total. The number of hydrogen-bond donors (Lipinski definition) is 0. The van der Waals surface area contributed by atoms with Gasteiger partial charge in [-0.05, 0) is 73.5 Å². The molecule has 0 N–H and O–H groups in total. The summed E-state index contributed by atoms with van der Waals surface area (Å²) in [6.07, 6.45) is 12.0. The zero-order valence-electron chi connectivity index (χ0n) is 14.0. The Balaban J connectivity index is 1.92. The van der Waals surface area contributed by atoms with Crippen molar-refractivity contribution in [2.45, 2.75) is 86.0 Å². The first-order valence-corrected chi connectivity index (χ1v) is 8.91. The molecule has 0 heteroatoms. The Labute approximate surface area is 121 Å². The van der Waals surface area contributed by atoms with E-state index in [4.69, 9.17) is 0 Å². The van der Waals surface area contributed by atoms with Crippen LogP contribution in [0.4, 0.5) is 0 Å². The lowest BCUT2D eigenvalue weighted by Gasteiger charge is -2.44. The van der Waals surface area contributed by atoms with Gasteiger partial charge in [0.05, 0.1) is 0 Å². The predicted molar refractivity (Wildman–Crippen MR) is 85.2 cm³/mol. The lowest BCUT2D eigenvalue weighted by Crippen LogP contribution is -2.34. The van der Waals surface area contributed by atoms with E-state index < -0.39 is 0 Å². The maximum Gasteiger partial charge on any atom is -0.0354 e. The molecule has 2 aliphatic rings. The van der Waals surface area contributed by atoms with Crippen LogP contribution in [0.25, 0.3) is 0 Å². The molecule has 2 rings (SSSR count). The monoisotopic (exact) mass is 264 g/mol. The third-order valence-corrected chi connectivity index (χ3v) is 6.44. The van der Waals surface area contributed by atoms with Gasteiger partial charge in [0.15, 0.2) is 0 Å². The smallest absolute Gasteiger partial charge is 0.0354 e. The average molecular weight is 264 g/mol. The Hall–Kier alpha value is 0. The van der Waals surface area contributed by atoms with E-state index in [1.54, 1.807) is 0 Å². The van der Waals surface area contributed by atoms with Crippen molar-refractivity contribution in [3.63, 3.8) is 0 Å². The lowest BCUT2D eigenvalue weighted by atomic mass is 9.61. The lowest BCUT2D eigenvalue weighted by molar-refractivity contribution is 0.0641. The first kappa shape index (κ1) is 15.4. The highest BCUT2D eigenvalue weighted by Crippen LogP contribution is 2.48. The first-order valence-electron chi connectivity index (χ1n) is 8.91. The molecule has 0 heterocycles. The maximum absolute atomic E-state index is 2.49. The van der Waals surface area contributed by atoms with Gasteiger partial charge in [0.2, 0.25) is 0 Å². The molecular formula is C19H36. The molecule has 0 saturated heterocycles. The highest BCUT2D eigenvalue weighted by molar-refractivity contribution is 4.88. The second-order valence-corrected chi connectivity index (χ2v) is 8.73. The molecule has 19 heavy (non-hydrogen) atoms. The second-order valence-electron chi connectivity index (χ2n) is 8.73. The Morgan fingerprint density at radius 3 is 2.05 bits per heavy atom. The van der Waals surface area contributed by atoms with Gasteiger partial charge in [-0.25, -0.2) is 0 Å². The summed E-state index contributed by atoms with van der Waals surface area (Å²) in [6, 6.07) is 0. The van der Waals surface area contributed by atoms with Gasteiger partial charge in [-0.1, -0.05) is 47.5 Å².